The number of nitrogens with zero attached hydrogens (tertiary/aromatic N) is 2. The molecule has 4 rings (SSSR count). The molecule has 3 amide bonds. The first kappa shape index (κ1) is 24.9. The highest BCUT2D eigenvalue weighted by molar-refractivity contribution is 6.11. The summed E-state index contributed by atoms with van der Waals surface area (Å²) in [5, 5.41) is 0. The summed E-state index contributed by atoms with van der Waals surface area (Å²) in [7, 11) is 3.07. The minimum absolute atomic E-state index is 0.102. The van der Waals surface area contributed by atoms with E-state index in [0.717, 1.165) is 0 Å². The van der Waals surface area contributed by atoms with Gasteiger partial charge in [-0.1, -0.05) is 36.4 Å². The van der Waals surface area contributed by atoms with Gasteiger partial charge in [0.15, 0.2) is 0 Å². The highest BCUT2D eigenvalue weighted by atomic mass is 19.1. The van der Waals surface area contributed by atoms with Crippen LogP contribution in [0.3, 0.4) is 0 Å². The fraction of sp³-hybridized carbons (Fsp3) is 0.444. The predicted octanol–water partition coefficient (Wildman–Crippen LogP) is 3.27. The Morgan fingerprint density at radius 1 is 1.11 bits per heavy atom. The van der Waals surface area contributed by atoms with Crippen LogP contribution in [0.15, 0.2) is 48.5 Å². The molecule has 7 nitrogen and oxygen atoms in total. The number of imide groups is 1. The average molecular weight is 483 g/mol. The summed E-state index contributed by atoms with van der Waals surface area (Å²) in [6, 6.07) is 13.7. The maximum absolute atomic E-state index is 14.3. The van der Waals surface area contributed by atoms with E-state index in [1.54, 1.807) is 54.5 Å². The van der Waals surface area contributed by atoms with Crippen molar-refractivity contribution in [1.82, 2.24) is 9.80 Å². The smallest absolute Gasteiger partial charge is 0.241 e. The highest BCUT2D eigenvalue weighted by Gasteiger charge is 2.55. The molecule has 2 aromatic carbocycles. The Morgan fingerprint density at radius 2 is 1.86 bits per heavy atom. The number of benzene rings is 2. The molecule has 8 heteroatoms. The van der Waals surface area contributed by atoms with E-state index in [1.165, 1.54) is 18.1 Å². The van der Waals surface area contributed by atoms with E-state index in [4.69, 9.17) is 9.47 Å². The lowest BCUT2D eigenvalue weighted by atomic mass is 9.75. The van der Waals surface area contributed by atoms with E-state index in [1.807, 2.05) is 0 Å². The first-order valence-corrected chi connectivity index (χ1v) is 11.9. The predicted molar refractivity (Wildman–Crippen MR) is 127 cm³/mol. The van der Waals surface area contributed by atoms with Crippen molar-refractivity contribution in [1.29, 1.82) is 0 Å². The number of hydrogen-bond donors (Lipinski definition) is 0. The number of rotatable bonds is 9. The summed E-state index contributed by atoms with van der Waals surface area (Å²) < 4.78 is 24.9. The molecule has 2 aliphatic heterocycles. The normalized spacial score (nSPS) is 22.2. The Balaban J connectivity index is 1.61. The van der Waals surface area contributed by atoms with E-state index in [2.05, 4.69) is 0 Å². The van der Waals surface area contributed by atoms with Gasteiger partial charge < -0.3 is 14.4 Å². The van der Waals surface area contributed by atoms with Crippen molar-refractivity contribution < 1.29 is 28.2 Å². The van der Waals surface area contributed by atoms with Gasteiger partial charge in [-0.05, 0) is 30.5 Å². The largest absolute Gasteiger partial charge is 0.496 e. The zero-order chi connectivity index (χ0) is 25.0. The number of amides is 3. The molecule has 0 aliphatic carbocycles. The molecule has 0 saturated carbocycles. The minimum Gasteiger partial charge on any atom is -0.496 e. The number of methoxy groups -OCH3 is 2. The number of halogens is 1. The number of carbonyl (C=O) groups is 3. The summed E-state index contributed by atoms with van der Waals surface area (Å²) in [4.78, 5) is 43.2. The topological polar surface area (TPSA) is 76.2 Å². The summed E-state index contributed by atoms with van der Waals surface area (Å²) in [5.74, 6) is -0.841. The monoisotopic (exact) mass is 482 g/mol. The molecular weight excluding hydrogens is 451 g/mol. The van der Waals surface area contributed by atoms with Crippen LogP contribution in [-0.2, 0) is 24.5 Å². The van der Waals surface area contributed by atoms with E-state index in [9.17, 15) is 18.8 Å². The maximum atomic E-state index is 14.3. The second-order valence-corrected chi connectivity index (χ2v) is 9.18. The van der Waals surface area contributed by atoms with E-state index >= 15 is 0 Å². The number of ether oxygens (including phenoxy) is 2. The fourth-order valence-electron chi connectivity index (χ4n) is 5.29. The van der Waals surface area contributed by atoms with Gasteiger partial charge >= 0.3 is 0 Å². The second-order valence-electron chi connectivity index (χ2n) is 9.18. The van der Waals surface area contributed by atoms with Gasteiger partial charge in [0.25, 0.3) is 0 Å². The third kappa shape index (κ3) is 4.80. The lowest BCUT2D eigenvalue weighted by Gasteiger charge is -2.30. The molecule has 2 atom stereocenters. The van der Waals surface area contributed by atoms with Gasteiger partial charge in [-0.15, -0.1) is 0 Å². The first-order chi connectivity index (χ1) is 16.9. The van der Waals surface area contributed by atoms with Crippen LogP contribution < -0.4 is 4.74 Å². The molecule has 0 unspecified atom stereocenters. The van der Waals surface area contributed by atoms with Crippen molar-refractivity contribution in [2.45, 2.75) is 37.0 Å². The van der Waals surface area contributed by atoms with Crippen LogP contribution in [0.5, 0.6) is 5.75 Å². The van der Waals surface area contributed by atoms with Crippen LogP contribution in [0.25, 0.3) is 0 Å². The third-order valence-electron chi connectivity index (χ3n) is 7.10. The summed E-state index contributed by atoms with van der Waals surface area (Å²) in [6.07, 6.45) is 0.906. The molecule has 2 aromatic rings. The number of likely N-dealkylation sites (tertiary alicyclic amines) is 2. The zero-order valence-electron chi connectivity index (χ0n) is 20.2. The van der Waals surface area contributed by atoms with Crippen LogP contribution in [0.2, 0.25) is 0 Å². The molecule has 0 aromatic heterocycles. The van der Waals surface area contributed by atoms with Crippen LogP contribution in [0.4, 0.5) is 4.39 Å². The third-order valence-corrected chi connectivity index (χ3v) is 7.10. The van der Waals surface area contributed by atoms with Crippen molar-refractivity contribution in [3.05, 3.63) is 65.5 Å². The zero-order valence-corrected chi connectivity index (χ0v) is 20.2. The van der Waals surface area contributed by atoms with Gasteiger partial charge in [-0.25, -0.2) is 4.39 Å². The molecule has 2 aliphatic rings. The van der Waals surface area contributed by atoms with Crippen LogP contribution in [-0.4, -0.2) is 68.0 Å². The highest BCUT2D eigenvalue weighted by Crippen LogP contribution is 2.44. The quantitative estimate of drug-likeness (QED) is 0.405. The molecule has 35 heavy (non-hydrogen) atoms. The standard InChI is InChI=1S/C27H31FN2O5/c1-34-15-7-13-30-25(32)17-27(26(30)33,21-9-4-6-11-23(21)35-2)16-24(31)29-14-12-19(18-29)20-8-3-5-10-22(20)28/h3-6,8-11,19H,7,12-18H2,1-2H3/t19-,27-/m0/s1. The van der Waals surface area contributed by atoms with Crippen molar-refractivity contribution in [3.8, 4) is 5.75 Å². The summed E-state index contributed by atoms with van der Waals surface area (Å²) in [6.45, 7) is 1.50. The van der Waals surface area contributed by atoms with E-state index < -0.39 is 5.41 Å². The Labute approximate surface area is 204 Å². The van der Waals surface area contributed by atoms with Gasteiger partial charge in [0, 0.05) is 57.7 Å². The molecular formula is C27H31FN2O5. The Morgan fingerprint density at radius 3 is 2.60 bits per heavy atom. The van der Waals surface area contributed by atoms with Crippen LogP contribution in [0, 0.1) is 5.82 Å². The molecule has 0 spiro atoms. The molecule has 2 saturated heterocycles. The first-order valence-electron chi connectivity index (χ1n) is 11.9. The Hall–Kier alpha value is -3.26. The van der Waals surface area contributed by atoms with Crippen LogP contribution >= 0.6 is 0 Å². The lowest BCUT2D eigenvalue weighted by molar-refractivity contribution is -0.142. The van der Waals surface area contributed by atoms with Crippen molar-refractivity contribution in [3.63, 3.8) is 0 Å². The maximum Gasteiger partial charge on any atom is 0.241 e. The van der Waals surface area contributed by atoms with E-state index in [-0.39, 0.29) is 48.8 Å². The summed E-state index contributed by atoms with van der Waals surface area (Å²) >= 11 is 0. The lowest BCUT2D eigenvalue weighted by Crippen LogP contribution is -2.43. The molecule has 2 fully saturated rings. The number of para-hydroxylation sites is 1. The SMILES string of the molecule is COCCCN1C(=O)C[C@@](CC(=O)N2CC[C@H](c3ccccc3F)C2)(c2ccccc2OC)C1=O. The molecule has 2 heterocycles. The minimum atomic E-state index is -1.34. The Kier molecular flexibility index (Phi) is 7.50. The summed E-state index contributed by atoms with van der Waals surface area (Å²) in [5.41, 5.74) is -0.212. The van der Waals surface area contributed by atoms with Gasteiger partial charge in [-0.2, -0.15) is 0 Å². The van der Waals surface area contributed by atoms with Gasteiger partial charge in [0.1, 0.15) is 11.6 Å². The molecule has 0 radical (unpaired) electrons. The van der Waals surface area contributed by atoms with Crippen LogP contribution in [0.1, 0.15) is 42.7 Å². The molecule has 186 valence electrons. The number of carbonyl (C=O) groups excluding carboxylic acids is 3. The molecule has 0 N–H and O–H groups in total. The van der Waals surface area contributed by atoms with Crippen molar-refractivity contribution in [2.75, 3.05) is 40.5 Å². The number of hydrogen-bond acceptors (Lipinski definition) is 5. The van der Waals surface area contributed by atoms with E-state index in [0.29, 0.717) is 49.4 Å². The second kappa shape index (κ2) is 10.6. The van der Waals surface area contributed by atoms with Crippen molar-refractivity contribution >= 4 is 17.7 Å². The fourth-order valence-corrected chi connectivity index (χ4v) is 5.29. The van der Waals surface area contributed by atoms with Gasteiger partial charge in [-0.3, -0.25) is 19.3 Å². The van der Waals surface area contributed by atoms with Gasteiger partial charge in [0.2, 0.25) is 17.7 Å². The molecule has 0 bridgehead atoms. The van der Waals surface area contributed by atoms with Gasteiger partial charge in [0.05, 0.1) is 12.5 Å². The van der Waals surface area contributed by atoms with Crippen molar-refractivity contribution in [2.24, 2.45) is 0 Å². The average Bonchev–Trinajstić information content (AvgIpc) is 3.44. The Bertz CT molecular complexity index is 1110.